The zero-order chi connectivity index (χ0) is 15.7. The minimum atomic E-state index is 0.0275. The van der Waals surface area contributed by atoms with Crippen LogP contribution in [-0.4, -0.2) is 18.2 Å². The van der Waals surface area contributed by atoms with Gasteiger partial charge in [0, 0.05) is 5.56 Å². The van der Waals surface area contributed by atoms with Crippen LogP contribution in [-0.2, 0) is 0 Å². The molecule has 0 unspecified atom stereocenters. The Kier molecular flexibility index (Phi) is 4.23. The summed E-state index contributed by atoms with van der Waals surface area (Å²) in [5.74, 6) is 1.19. The number of methoxy groups -OCH3 is 1. The summed E-state index contributed by atoms with van der Waals surface area (Å²) < 4.78 is 12.3. The van der Waals surface area contributed by atoms with Crippen LogP contribution in [0.3, 0.4) is 0 Å². The summed E-state index contributed by atoms with van der Waals surface area (Å²) in [5, 5.41) is 1.44. The molecule has 114 valence electrons. The molecule has 1 heterocycles. The first-order valence-electron chi connectivity index (χ1n) is 6.98. The minimum absolute atomic E-state index is 0.0275. The summed E-state index contributed by atoms with van der Waals surface area (Å²) >= 11 is 8.01. The maximum atomic E-state index is 6.38. The second-order valence-electron chi connectivity index (χ2n) is 5.14. The molecule has 0 atom stereocenters. The molecule has 0 aliphatic heterocycles. The highest BCUT2D eigenvalue weighted by Crippen LogP contribution is 2.41. The highest BCUT2D eigenvalue weighted by Gasteiger charge is 2.16. The third kappa shape index (κ3) is 2.89. The largest absolute Gasteiger partial charge is 0.493 e. The fourth-order valence-corrected chi connectivity index (χ4v) is 3.40. The summed E-state index contributed by atoms with van der Waals surface area (Å²) in [6.07, 6.45) is 0.0275. The van der Waals surface area contributed by atoms with Crippen LogP contribution in [0.4, 0.5) is 0 Å². The van der Waals surface area contributed by atoms with Gasteiger partial charge < -0.3 is 9.47 Å². The summed E-state index contributed by atoms with van der Waals surface area (Å²) in [7, 11) is 1.61. The summed E-state index contributed by atoms with van der Waals surface area (Å²) in [4.78, 5) is 4.65. The Morgan fingerprint density at radius 3 is 2.64 bits per heavy atom. The molecule has 0 N–H and O–H groups in total. The van der Waals surface area contributed by atoms with Gasteiger partial charge in [-0.2, -0.15) is 0 Å². The average molecular weight is 334 g/mol. The van der Waals surface area contributed by atoms with Crippen molar-refractivity contribution in [3.05, 3.63) is 41.4 Å². The second kappa shape index (κ2) is 6.15. The average Bonchev–Trinajstić information content (AvgIpc) is 2.92. The molecule has 3 rings (SSSR count). The van der Waals surface area contributed by atoms with E-state index >= 15 is 0 Å². The zero-order valence-corrected chi connectivity index (χ0v) is 14.2. The molecule has 0 spiro atoms. The molecule has 22 heavy (non-hydrogen) atoms. The van der Waals surface area contributed by atoms with E-state index in [1.165, 1.54) is 0 Å². The Labute approximate surface area is 138 Å². The Morgan fingerprint density at radius 1 is 1.18 bits per heavy atom. The molecule has 0 saturated heterocycles. The van der Waals surface area contributed by atoms with E-state index < -0.39 is 0 Å². The van der Waals surface area contributed by atoms with Crippen LogP contribution in [0, 0.1) is 0 Å². The topological polar surface area (TPSA) is 31.4 Å². The summed E-state index contributed by atoms with van der Waals surface area (Å²) in [6, 6.07) is 11.9. The highest BCUT2D eigenvalue weighted by molar-refractivity contribution is 7.21. The first kappa shape index (κ1) is 15.1. The van der Waals surface area contributed by atoms with Crippen LogP contribution in [0.1, 0.15) is 13.8 Å². The lowest BCUT2D eigenvalue weighted by molar-refractivity contribution is 0.230. The van der Waals surface area contributed by atoms with Gasteiger partial charge in [-0.25, -0.2) is 4.98 Å². The van der Waals surface area contributed by atoms with Crippen LogP contribution in [0.2, 0.25) is 5.02 Å². The summed E-state index contributed by atoms with van der Waals surface area (Å²) in [6.45, 7) is 3.91. The lowest BCUT2D eigenvalue weighted by atomic mass is 10.2. The molecule has 3 nitrogen and oxygen atoms in total. The molecule has 0 bridgehead atoms. The third-order valence-corrected chi connectivity index (χ3v) is 4.49. The second-order valence-corrected chi connectivity index (χ2v) is 6.58. The van der Waals surface area contributed by atoms with E-state index in [1.54, 1.807) is 18.4 Å². The number of rotatable bonds is 4. The molecule has 3 aromatic rings. The predicted molar refractivity (Wildman–Crippen MR) is 92.4 cm³/mol. The minimum Gasteiger partial charge on any atom is -0.493 e. The quantitative estimate of drug-likeness (QED) is 0.639. The van der Waals surface area contributed by atoms with Crippen LogP contribution in [0.5, 0.6) is 11.5 Å². The molecule has 2 aromatic carbocycles. The molecule has 0 fully saturated rings. The van der Waals surface area contributed by atoms with Gasteiger partial charge in [0.25, 0.3) is 0 Å². The van der Waals surface area contributed by atoms with Crippen molar-refractivity contribution in [3.63, 3.8) is 0 Å². The number of para-hydroxylation sites is 1. The van der Waals surface area contributed by atoms with Crippen molar-refractivity contribution < 1.29 is 9.47 Å². The van der Waals surface area contributed by atoms with Gasteiger partial charge in [0.2, 0.25) is 0 Å². The van der Waals surface area contributed by atoms with Crippen molar-refractivity contribution in [1.29, 1.82) is 0 Å². The van der Waals surface area contributed by atoms with Gasteiger partial charge in [-0.05, 0) is 38.1 Å². The summed E-state index contributed by atoms with van der Waals surface area (Å²) in [5.41, 5.74) is 1.92. The smallest absolute Gasteiger partial charge is 0.180 e. The Hall–Kier alpha value is -1.78. The first-order chi connectivity index (χ1) is 10.6. The van der Waals surface area contributed by atoms with Gasteiger partial charge in [0.15, 0.2) is 11.5 Å². The number of fused-ring (bicyclic) bond motifs is 1. The molecular formula is C17H16ClNO2S. The number of halogens is 1. The zero-order valence-electron chi connectivity index (χ0n) is 12.6. The Bertz CT molecular complexity index is 781. The number of ether oxygens (including phenoxy) is 2. The van der Waals surface area contributed by atoms with Crippen LogP contribution in [0.15, 0.2) is 36.4 Å². The maximum Gasteiger partial charge on any atom is 0.180 e. The van der Waals surface area contributed by atoms with Gasteiger partial charge in [0.1, 0.15) is 5.01 Å². The monoisotopic (exact) mass is 333 g/mol. The van der Waals surface area contributed by atoms with Gasteiger partial charge in [0.05, 0.1) is 28.5 Å². The van der Waals surface area contributed by atoms with Gasteiger partial charge in [-0.3, -0.25) is 0 Å². The van der Waals surface area contributed by atoms with E-state index in [1.807, 2.05) is 44.2 Å². The number of thiazole rings is 1. The SMILES string of the molecule is COc1cc(-c2nc3ccccc3s2)cc(Cl)c1OC(C)C. The van der Waals surface area contributed by atoms with E-state index in [0.29, 0.717) is 16.5 Å². The van der Waals surface area contributed by atoms with E-state index in [0.717, 1.165) is 20.8 Å². The van der Waals surface area contributed by atoms with E-state index in [9.17, 15) is 0 Å². The van der Waals surface area contributed by atoms with Crippen molar-refractivity contribution >= 4 is 33.2 Å². The molecule has 5 heteroatoms. The lowest BCUT2D eigenvalue weighted by Crippen LogP contribution is -2.07. The van der Waals surface area contributed by atoms with Crippen LogP contribution in [0.25, 0.3) is 20.8 Å². The number of benzene rings is 2. The molecule has 1 aromatic heterocycles. The lowest BCUT2D eigenvalue weighted by Gasteiger charge is -2.15. The van der Waals surface area contributed by atoms with Gasteiger partial charge >= 0.3 is 0 Å². The van der Waals surface area contributed by atoms with Gasteiger partial charge in [-0.15, -0.1) is 11.3 Å². The Morgan fingerprint density at radius 2 is 1.95 bits per heavy atom. The highest BCUT2D eigenvalue weighted by atomic mass is 35.5. The third-order valence-electron chi connectivity index (χ3n) is 3.12. The van der Waals surface area contributed by atoms with E-state index in [2.05, 4.69) is 11.1 Å². The van der Waals surface area contributed by atoms with E-state index in [4.69, 9.17) is 21.1 Å². The number of aromatic nitrogens is 1. The molecule has 0 aliphatic rings. The van der Waals surface area contributed by atoms with Crippen LogP contribution < -0.4 is 9.47 Å². The standard InChI is InChI=1S/C17H16ClNO2S/c1-10(2)21-16-12(18)8-11(9-14(16)20-3)17-19-13-6-4-5-7-15(13)22-17/h4-10H,1-3H3. The molecule has 0 aliphatic carbocycles. The normalized spacial score (nSPS) is 11.1. The Balaban J connectivity index is 2.09. The molecule has 0 saturated carbocycles. The van der Waals surface area contributed by atoms with Gasteiger partial charge in [-0.1, -0.05) is 23.7 Å². The maximum absolute atomic E-state index is 6.38. The van der Waals surface area contributed by atoms with Crippen molar-refractivity contribution in [2.75, 3.05) is 7.11 Å². The molecule has 0 amide bonds. The van der Waals surface area contributed by atoms with Crippen molar-refractivity contribution in [2.45, 2.75) is 20.0 Å². The van der Waals surface area contributed by atoms with E-state index in [-0.39, 0.29) is 6.10 Å². The molecular weight excluding hydrogens is 318 g/mol. The van der Waals surface area contributed by atoms with Crippen LogP contribution >= 0.6 is 22.9 Å². The van der Waals surface area contributed by atoms with Crippen molar-refractivity contribution in [3.8, 4) is 22.1 Å². The first-order valence-corrected chi connectivity index (χ1v) is 8.18. The fourth-order valence-electron chi connectivity index (χ4n) is 2.19. The predicted octanol–water partition coefficient (Wildman–Crippen LogP) is 5.41. The number of nitrogens with zero attached hydrogens (tertiary/aromatic N) is 1. The van der Waals surface area contributed by atoms with Crippen molar-refractivity contribution in [2.24, 2.45) is 0 Å². The fraction of sp³-hybridized carbons (Fsp3) is 0.235. The molecule has 0 radical (unpaired) electrons. The number of hydrogen-bond donors (Lipinski definition) is 0. The number of hydrogen-bond acceptors (Lipinski definition) is 4. The van der Waals surface area contributed by atoms with Crippen molar-refractivity contribution in [1.82, 2.24) is 4.98 Å².